The van der Waals surface area contributed by atoms with Gasteiger partial charge in [-0.2, -0.15) is 0 Å². The SMILES string of the molecule is CCOCCCNS(=O)(=O)CCCCCl. The molecule has 0 radical (unpaired) electrons. The number of rotatable bonds is 10. The normalized spacial score (nSPS) is 11.9. The topological polar surface area (TPSA) is 55.4 Å². The van der Waals surface area contributed by atoms with Gasteiger partial charge < -0.3 is 4.74 Å². The van der Waals surface area contributed by atoms with E-state index in [9.17, 15) is 8.42 Å². The van der Waals surface area contributed by atoms with Gasteiger partial charge in [-0.1, -0.05) is 0 Å². The van der Waals surface area contributed by atoms with Gasteiger partial charge in [0, 0.05) is 25.6 Å². The summed E-state index contributed by atoms with van der Waals surface area (Å²) in [6.07, 6.45) is 2.06. The average Bonchev–Trinajstić information content (AvgIpc) is 2.17. The number of nitrogens with one attached hydrogen (secondary N) is 1. The molecule has 0 spiro atoms. The largest absolute Gasteiger partial charge is 0.382 e. The first-order valence-electron chi connectivity index (χ1n) is 5.23. The molecule has 0 aliphatic rings. The van der Waals surface area contributed by atoms with Crippen LogP contribution in [0.25, 0.3) is 0 Å². The van der Waals surface area contributed by atoms with Gasteiger partial charge in [0.2, 0.25) is 10.0 Å². The minimum absolute atomic E-state index is 0.161. The lowest BCUT2D eigenvalue weighted by molar-refractivity contribution is 0.146. The molecule has 0 amide bonds. The number of alkyl halides is 1. The second-order valence-electron chi connectivity index (χ2n) is 3.16. The van der Waals surface area contributed by atoms with Gasteiger partial charge >= 0.3 is 0 Å². The van der Waals surface area contributed by atoms with Crippen molar-refractivity contribution in [2.75, 3.05) is 31.4 Å². The van der Waals surface area contributed by atoms with E-state index in [-0.39, 0.29) is 5.75 Å². The van der Waals surface area contributed by atoms with E-state index >= 15 is 0 Å². The van der Waals surface area contributed by atoms with Crippen molar-refractivity contribution in [2.24, 2.45) is 0 Å². The molecule has 4 nitrogen and oxygen atoms in total. The lowest BCUT2D eigenvalue weighted by Crippen LogP contribution is -2.28. The third-order valence-electron chi connectivity index (χ3n) is 1.79. The first-order chi connectivity index (χ1) is 7.12. The van der Waals surface area contributed by atoms with Gasteiger partial charge in [0.05, 0.1) is 5.75 Å². The zero-order chi connectivity index (χ0) is 11.6. The fourth-order valence-corrected chi connectivity index (χ4v) is 2.38. The third kappa shape index (κ3) is 10.4. The molecule has 0 aliphatic carbocycles. The molecule has 0 bridgehead atoms. The molecule has 0 heterocycles. The van der Waals surface area contributed by atoms with Crippen LogP contribution >= 0.6 is 11.6 Å². The van der Waals surface area contributed by atoms with Crippen molar-refractivity contribution in [3.8, 4) is 0 Å². The van der Waals surface area contributed by atoms with Crippen molar-refractivity contribution in [1.82, 2.24) is 4.72 Å². The lowest BCUT2D eigenvalue weighted by atomic mass is 10.4. The zero-order valence-corrected chi connectivity index (χ0v) is 10.7. The molecule has 0 aromatic rings. The highest BCUT2D eigenvalue weighted by Crippen LogP contribution is 1.96. The van der Waals surface area contributed by atoms with E-state index in [1.165, 1.54) is 0 Å². The van der Waals surface area contributed by atoms with E-state index < -0.39 is 10.0 Å². The maximum atomic E-state index is 11.3. The minimum atomic E-state index is -3.11. The van der Waals surface area contributed by atoms with Gasteiger partial charge in [0.15, 0.2) is 0 Å². The number of sulfonamides is 1. The van der Waals surface area contributed by atoms with Crippen LogP contribution in [0.15, 0.2) is 0 Å². The summed E-state index contributed by atoms with van der Waals surface area (Å²) in [5.74, 6) is 0.675. The summed E-state index contributed by atoms with van der Waals surface area (Å²) in [6, 6.07) is 0. The quantitative estimate of drug-likeness (QED) is 0.475. The number of hydrogen-bond acceptors (Lipinski definition) is 3. The summed E-state index contributed by atoms with van der Waals surface area (Å²) >= 11 is 5.46. The molecule has 1 N–H and O–H groups in total. The first-order valence-corrected chi connectivity index (χ1v) is 7.42. The monoisotopic (exact) mass is 257 g/mol. The average molecular weight is 258 g/mol. The molecule has 0 saturated heterocycles. The second-order valence-corrected chi connectivity index (χ2v) is 5.46. The molecule has 92 valence electrons. The van der Waals surface area contributed by atoms with Crippen LogP contribution in [0.5, 0.6) is 0 Å². The van der Waals surface area contributed by atoms with Crippen LogP contribution in [-0.4, -0.2) is 39.8 Å². The predicted octanol–water partition coefficient (Wildman–Crippen LogP) is 1.35. The van der Waals surface area contributed by atoms with Crippen LogP contribution in [0.2, 0.25) is 0 Å². The Labute approximate surface area is 97.4 Å². The van der Waals surface area contributed by atoms with E-state index in [0.717, 1.165) is 6.42 Å². The highest BCUT2D eigenvalue weighted by molar-refractivity contribution is 7.89. The Morgan fingerprint density at radius 2 is 2.00 bits per heavy atom. The van der Waals surface area contributed by atoms with Crippen LogP contribution < -0.4 is 4.72 Å². The minimum Gasteiger partial charge on any atom is -0.382 e. The molecule has 0 aliphatic heterocycles. The molecule has 0 atom stereocenters. The van der Waals surface area contributed by atoms with Gasteiger partial charge in [0.1, 0.15) is 0 Å². The predicted molar refractivity (Wildman–Crippen MR) is 62.9 cm³/mol. The molecule has 15 heavy (non-hydrogen) atoms. The van der Waals surface area contributed by atoms with E-state index in [1.54, 1.807) is 0 Å². The summed E-state index contributed by atoms with van der Waals surface area (Å²) in [6.45, 7) is 3.63. The molecule has 0 rings (SSSR count). The standard InChI is InChI=1S/C9H20ClNO3S/c1-2-14-8-5-7-11-15(12,13)9-4-3-6-10/h11H,2-9H2,1H3. The van der Waals surface area contributed by atoms with Crippen molar-refractivity contribution in [3.63, 3.8) is 0 Å². The summed E-state index contributed by atoms with van der Waals surface area (Å²) in [7, 11) is -3.11. The summed E-state index contributed by atoms with van der Waals surface area (Å²) < 4.78 is 30.3. The van der Waals surface area contributed by atoms with Gasteiger partial charge in [-0.3, -0.25) is 0 Å². The highest BCUT2D eigenvalue weighted by atomic mass is 35.5. The Kier molecular flexibility index (Phi) is 9.49. The molecule has 0 fully saturated rings. The van der Waals surface area contributed by atoms with Crippen LogP contribution in [0, 0.1) is 0 Å². The molecular formula is C9H20ClNO3S. The molecular weight excluding hydrogens is 238 g/mol. The maximum Gasteiger partial charge on any atom is 0.211 e. The Balaban J connectivity index is 3.47. The Morgan fingerprint density at radius 1 is 1.27 bits per heavy atom. The van der Waals surface area contributed by atoms with Gasteiger partial charge in [-0.15, -0.1) is 11.6 Å². The molecule has 0 saturated carbocycles. The van der Waals surface area contributed by atoms with Crippen LogP contribution in [0.4, 0.5) is 0 Å². The van der Waals surface area contributed by atoms with E-state index in [4.69, 9.17) is 16.3 Å². The van der Waals surface area contributed by atoms with Gasteiger partial charge in [-0.05, 0) is 26.2 Å². The van der Waals surface area contributed by atoms with E-state index in [1.807, 2.05) is 6.92 Å². The molecule has 0 aromatic heterocycles. The smallest absolute Gasteiger partial charge is 0.211 e. The molecule has 0 aromatic carbocycles. The number of unbranched alkanes of at least 4 members (excludes halogenated alkanes) is 1. The summed E-state index contributed by atoms with van der Waals surface area (Å²) in [5.41, 5.74) is 0. The Hall–Kier alpha value is 0.160. The zero-order valence-electron chi connectivity index (χ0n) is 9.17. The molecule has 6 heteroatoms. The van der Waals surface area contributed by atoms with Crippen LogP contribution in [0.1, 0.15) is 26.2 Å². The maximum absolute atomic E-state index is 11.3. The fourth-order valence-electron chi connectivity index (χ4n) is 1.00. The van der Waals surface area contributed by atoms with Crippen molar-refractivity contribution in [3.05, 3.63) is 0 Å². The van der Waals surface area contributed by atoms with Crippen molar-refractivity contribution in [2.45, 2.75) is 26.2 Å². The van der Waals surface area contributed by atoms with Crippen LogP contribution in [0.3, 0.4) is 0 Å². The fraction of sp³-hybridized carbons (Fsp3) is 1.00. The Bertz CT molecular complexity index is 232. The first kappa shape index (κ1) is 15.2. The van der Waals surface area contributed by atoms with Crippen molar-refractivity contribution >= 4 is 21.6 Å². The highest BCUT2D eigenvalue weighted by Gasteiger charge is 2.07. The number of hydrogen-bond donors (Lipinski definition) is 1. The second kappa shape index (κ2) is 9.39. The van der Waals surface area contributed by atoms with Crippen molar-refractivity contribution in [1.29, 1.82) is 0 Å². The summed E-state index contributed by atoms with van der Waals surface area (Å²) in [4.78, 5) is 0. The van der Waals surface area contributed by atoms with Crippen molar-refractivity contribution < 1.29 is 13.2 Å². The number of halogens is 1. The Morgan fingerprint density at radius 3 is 2.60 bits per heavy atom. The van der Waals surface area contributed by atoms with E-state index in [2.05, 4.69) is 4.72 Å². The van der Waals surface area contributed by atoms with E-state index in [0.29, 0.717) is 38.5 Å². The lowest BCUT2D eigenvalue weighted by Gasteiger charge is -2.05. The van der Waals surface area contributed by atoms with Gasteiger partial charge in [-0.25, -0.2) is 13.1 Å². The molecule has 0 unspecified atom stereocenters. The number of ether oxygens (including phenoxy) is 1. The third-order valence-corrected chi connectivity index (χ3v) is 3.53. The van der Waals surface area contributed by atoms with Gasteiger partial charge in [0.25, 0.3) is 0 Å². The van der Waals surface area contributed by atoms with Crippen LogP contribution in [-0.2, 0) is 14.8 Å². The summed E-state index contributed by atoms with van der Waals surface area (Å²) in [5, 5.41) is 0.